The molecule has 0 fully saturated rings. The van der Waals surface area contributed by atoms with E-state index in [1.165, 1.54) is 7.11 Å². The first-order valence-electron chi connectivity index (χ1n) is 3.84. The highest BCUT2D eigenvalue weighted by atomic mass is 79.9. The Hall–Kier alpha value is -0.680. The molecule has 1 unspecified atom stereocenters. The summed E-state index contributed by atoms with van der Waals surface area (Å²) in [5.41, 5.74) is -0.0618. The van der Waals surface area contributed by atoms with Crippen LogP contribution in [0.15, 0.2) is 12.1 Å². The lowest BCUT2D eigenvalue weighted by Gasteiger charge is -2.09. The minimum atomic E-state index is -0.999. The molecule has 0 amide bonds. The van der Waals surface area contributed by atoms with Gasteiger partial charge in [-0.05, 0) is 6.07 Å². The summed E-state index contributed by atoms with van der Waals surface area (Å²) in [7, 11) is 1.17. The van der Waals surface area contributed by atoms with Gasteiger partial charge in [0.15, 0.2) is 0 Å². The van der Waals surface area contributed by atoms with Gasteiger partial charge in [0.2, 0.25) is 0 Å². The van der Waals surface area contributed by atoms with Crippen molar-refractivity contribution in [1.82, 2.24) is 0 Å². The highest BCUT2D eigenvalue weighted by molar-refractivity contribution is 9.09. The maximum Gasteiger partial charge on any atom is 0.324 e. The minimum Gasteiger partial charge on any atom is -0.468 e. The first-order valence-corrected chi connectivity index (χ1v) is 5.13. The molecule has 0 aliphatic rings. The van der Waals surface area contributed by atoms with Gasteiger partial charge in [0, 0.05) is 5.56 Å². The van der Waals surface area contributed by atoms with Gasteiger partial charge in [-0.2, -0.15) is 0 Å². The smallest absolute Gasteiger partial charge is 0.324 e. The zero-order chi connectivity index (χ0) is 11.6. The Morgan fingerprint density at radius 2 is 2.13 bits per heavy atom. The molecule has 1 aromatic carbocycles. The van der Waals surface area contributed by atoms with Crippen molar-refractivity contribution in [3.05, 3.63) is 34.4 Å². The number of ether oxygens (including phenoxy) is 1. The van der Waals surface area contributed by atoms with Gasteiger partial charge in [0.05, 0.1) is 7.11 Å². The fourth-order valence-electron chi connectivity index (χ4n) is 0.967. The molecular formula is C9H6BrClF2O2. The van der Waals surface area contributed by atoms with Crippen LogP contribution in [0.3, 0.4) is 0 Å². The van der Waals surface area contributed by atoms with Gasteiger partial charge in [-0.25, -0.2) is 8.78 Å². The third-order valence-corrected chi connectivity index (χ3v) is 2.96. The van der Waals surface area contributed by atoms with E-state index in [2.05, 4.69) is 20.7 Å². The molecule has 0 radical (unpaired) electrons. The molecule has 15 heavy (non-hydrogen) atoms. The van der Waals surface area contributed by atoms with Crippen LogP contribution in [-0.4, -0.2) is 13.1 Å². The molecule has 0 saturated heterocycles. The molecule has 1 atom stereocenters. The maximum atomic E-state index is 13.4. The molecule has 0 aliphatic carbocycles. The number of hydrogen-bond donors (Lipinski definition) is 0. The lowest BCUT2D eigenvalue weighted by molar-refractivity contribution is -0.139. The van der Waals surface area contributed by atoms with Crippen LogP contribution >= 0.6 is 27.5 Å². The van der Waals surface area contributed by atoms with Gasteiger partial charge in [-0.1, -0.05) is 33.6 Å². The second-order valence-corrected chi connectivity index (χ2v) is 3.94. The van der Waals surface area contributed by atoms with Crippen molar-refractivity contribution in [2.45, 2.75) is 4.83 Å². The van der Waals surface area contributed by atoms with Gasteiger partial charge in [0.25, 0.3) is 0 Å². The first kappa shape index (κ1) is 12.4. The van der Waals surface area contributed by atoms with Gasteiger partial charge < -0.3 is 4.74 Å². The van der Waals surface area contributed by atoms with Gasteiger partial charge >= 0.3 is 5.97 Å². The summed E-state index contributed by atoms with van der Waals surface area (Å²) < 4.78 is 30.6. The van der Waals surface area contributed by atoms with E-state index in [1.54, 1.807) is 0 Å². The summed E-state index contributed by atoms with van der Waals surface area (Å²) in [6.45, 7) is 0. The molecule has 82 valence electrons. The van der Waals surface area contributed by atoms with Crippen molar-refractivity contribution in [3.8, 4) is 0 Å². The molecule has 6 heteroatoms. The van der Waals surface area contributed by atoms with Crippen molar-refractivity contribution in [1.29, 1.82) is 0 Å². The van der Waals surface area contributed by atoms with Crippen molar-refractivity contribution in [3.63, 3.8) is 0 Å². The Morgan fingerprint density at radius 1 is 1.53 bits per heavy atom. The topological polar surface area (TPSA) is 26.3 Å². The Morgan fingerprint density at radius 3 is 2.67 bits per heavy atom. The van der Waals surface area contributed by atoms with Crippen molar-refractivity contribution < 1.29 is 18.3 Å². The summed E-state index contributed by atoms with van der Waals surface area (Å²) >= 11 is 8.28. The van der Waals surface area contributed by atoms with E-state index in [9.17, 15) is 13.6 Å². The van der Waals surface area contributed by atoms with E-state index < -0.39 is 27.5 Å². The SMILES string of the molecule is COC(=O)C(Br)c1ccc(F)c(Cl)c1F. The van der Waals surface area contributed by atoms with Crippen LogP contribution in [0.4, 0.5) is 8.78 Å². The molecule has 0 saturated carbocycles. The van der Waals surface area contributed by atoms with E-state index in [0.29, 0.717) is 0 Å². The number of alkyl halides is 1. The van der Waals surface area contributed by atoms with Crippen LogP contribution in [0, 0.1) is 11.6 Å². The predicted molar refractivity (Wildman–Crippen MR) is 55.1 cm³/mol. The van der Waals surface area contributed by atoms with Crippen molar-refractivity contribution >= 4 is 33.5 Å². The zero-order valence-electron chi connectivity index (χ0n) is 7.56. The van der Waals surface area contributed by atoms with Crippen molar-refractivity contribution in [2.24, 2.45) is 0 Å². The zero-order valence-corrected chi connectivity index (χ0v) is 9.90. The number of benzene rings is 1. The number of rotatable bonds is 2. The number of carbonyl (C=O) groups excluding carboxylic acids is 1. The van der Waals surface area contributed by atoms with Gasteiger partial charge in [0.1, 0.15) is 21.5 Å². The highest BCUT2D eigenvalue weighted by Gasteiger charge is 2.23. The van der Waals surface area contributed by atoms with E-state index in [0.717, 1.165) is 12.1 Å². The quantitative estimate of drug-likeness (QED) is 0.476. The standard InChI is InChI=1S/C9H6BrClF2O2/c1-15-9(14)6(10)4-2-3-5(12)7(11)8(4)13/h2-3,6H,1H3. The first-order chi connectivity index (χ1) is 6.99. The molecular weight excluding hydrogens is 293 g/mol. The Labute approximate surface area is 98.3 Å². The molecule has 1 rings (SSSR count). The van der Waals surface area contributed by atoms with Crippen LogP contribution in [0.1, 0.15) is 10.4 Å². The molecule has 2 nitrogen and oxygen atoms in total. The molecule has 0 heterocycles. The van der Waals surface area contributed by atoms with E-state index in [4.69, 9.17) is 11.6 Å². The van der Waals surface area contributed by atoms with Crippen molar-refractivity contribution in [2.75, 3.05) is 7.11 Å². The largest absolute Gasteiger partial charge is 0.468 e. The molecule has 0 spiro atoms. The van der Waals surface area contributed by atoms with Gasteiger partial charge in [-0.15, -0.1) is 0 Å². The van der Waals surface area contributed by atoms with Gasteiger partial charge in [-0.3, -0.25) is 4.79 Å². The average Bonchev–Trinajstić information content (AvgIpc) is 2.24. The predicted octanol–water partition coefficient (Wildman–Crippen LogP) is 3.23. The number of methoxy groups -OCH3 is 1. The maximum absolute atomic E-state index is 13.4. The molecule has 0 N–H and O–H groups in total. The summed E-state index contributed by atoms with van der Waals surface area (Å²) in [5.74, 6) is -2.53. The number of esters is 1. The number of carbonyl (C=O) groups is 1. The normalized spacial score (nSPS) is 12.3. The fraction of sp³-hybridized carbons (Fsp3) is 0.222. The highest BCUT2D eigenvalue weighted by Crippen LogP contribution is 2.31. The second-order valence-electron chi connectivity index (χ2n) is 2.65. The summed E-state index contributed by atoms with van der Waals surface area (Å²) in [5, 5.41) is -0.638. The van der Waals surface area contributed by atoms with Crippen LogP contribution < -0.4 is 0 Å². The van der Waals surface area contributed by atoms with E-state index in [1.807, 2.05) is 0 Å². The Balaban J connectivity index is 3.16. The Bertz CT molecular complexity index is 398. The summed E-state index contributed by atoms with van der Waals surface area (Å²) in [6, 6.07) is 2.12. The fourth-order valence-corrected chi connectivity index (χ4v) is 1.68. The van der Waals surface area contributed by atoms with E-state index in [-0.39, 0.29) is 5.56 Å². The molecule has 1 aromatic rings. The van der Waals surface area contributed by atoms with Crippen LogP contribution in [-0.2, 0) is 9.53 Å². The molecule has 0 bridgehead atoms. The average molecular weight is 299 g/mol. The third-order valence-electron chi connectivity index (χ3n) is 1.75. The van der Waals surface area contributed by atoms with Crippen LogP contribution in [0.2, 0.25) is 5.02 Å². The summed E-state index contributed by atoms with van der Waals surface area (Å²) in [6.07, 6.45) is 0. The lowest BCUT2D eigenvalue weighted by Crippen LogP contribution is -2.10. The van der Waals surface area contributed by atoms with E-state index >= 15 is 0 Å². The monoisotopic (exact) mass is 298 g/mol. The minimum absolute atomic E-state index is 0.0618. The van der Waals surface area contributed by atoms with Crippen LogP contribution in [0.5, 0.6) is 0 Å². The Kier molecular flexibility index (Phi) is 4.04. The molecule has 0 aromatic heterocycles. The van der Waals surface area contributed by atoms with Crippen LogP contribution in [0.25, 0.3) is 0 Å². The summed E-state index contributed by atoms with van der Waals surface area (Å²) in [4.78, 5) is 10.1. The number of hydrogen-bond acceptors (Lipinski definition) is 2. The number of halogens is 4. The second kappa shape index (κ2) is 4.90. The third kappa shape index (κ3) is 2.46. The molecule has 0 aliphatic heterocycles. The lowest BCUT2D eigenvalue weighted by atomic mass is 10.1.